The van der Waals surface area contributed by atoms with Gasteiger partial charge in [0, 0.05) is 11.8 Å². The number of rotatable bonds is 8. The van der Waals surface area contributed by atoms with Crippen molar-refractivity contribution in [1.82, 2.24) is 9.97 Å². The number of halogens is 3. The first kappa shape index (κ1) is 21.4. The fraction of sp³-hybridized carbons (Fsp3) is 0.273. The highest BCUT2D eigenvalue weighted by molar-refractivity contribution is 5.42. The van der Waals surface area contributed by atoms with Gasteiger partial charge in [0.15, 0.2) is 0 Å². The second-order valence-corrected chi connectivity index (χ2v) is 6.66. The number of nitrogens with zero attached hydrogens (tertiary/aromatic N) is 4. The van der Waals surface area contributed by atoms with E-state index >= 15 is 0 Å². The number of alkyl halides is 3. The molecule has 0 aliphatic rings. The molecule has 0 bridgehead atoms. The minimum atomic E-state index is -4.36. The lowest BCUT2D eigenvalue weighted by atomic mass is 10.1. The van der Waals surface area contributed by atoms with E-state index in [1.165, 1.54) is 18.5 Å². The predicted octanol–water partition coefficient (Wildman–Crippen LogP) is 6.83. The van der Waals surface area contributed by atoms with Gasteiger partial charge in [0.05, 0.1) is 16.9 Å². The molecule has 0 saturated heterocycles. The summed E-state index contributed by atoms with van der Waals surface area (Å²) in [5.74, 6) is 0.588. The summed E-state index contributed by atoms with van der Waals surface area (Å²) in [4.78, 5) is 8.27. The number of aromatic nitrogens is 2. The van der Waals surface area contributed by atoms with Crippen molar-refractivity contribution in [3.05, 3.63) is 77.7 Å². The fourth-order valence-electron chi connectivity index (χ4n) is 2.66. The van der Waals surface area contributed by atoms with Gasteiger partial charge in [0.1, 0.15) is 12.9 Å². The van der Waals surface area contributed by atoms with Crippen molar-refractivity contribution in [2.75, 3.05) is 0 Å². The van der Waals surface area contributed by atoms with Gasteiger partial charge in [0.2, 0.25) is 5.88 Å². The van der Waals surface area contributed by atoms with Gasteiger partial charge in [-0.25, -0.2) is 9.97 Å². The maximum Gasteiger partial charge on any atom is 0.416 e. The van der Waals surface area contributed by atoms with Crippen LogP contribution in [-0.4, -0.2) is 9.97 Å². The molecule has 0 N–H and O–H groups in total. The van der Waals surface area contributed by atoms with Gasteiger partial charge in [-0.15, -0.1) is 0 Å². The van der Waals surface area contributed by atoms with Crippen LogP contribution in [0.2, 0.25) is 0 Å². The Kier molecular flexibility index (Phi) is 7.11. The van der Waals surface area contributed by atoms with Crippen LogP contribution in [0, 0.1) is 0 Å². The first-order valence-corrected chi connectivity index (χ1v) is 9.55. The Labute approximate surface area is 172 Å². The molecule has 2 aromatic carbocycles. The van der Waals surface area contributed by atoms with E-state index in [0.29, 0.717) is 23.9 Å². The molecule has 5 nitrogen and oxygen atoms in total. The molecule has 1 aromatic heterocycles. The molecule has 0 atom stereocenters. The largest absolute Gasteiger partial charge is 0.473 e. The van der Waals surface area contributed by atoms with E-state index in [2.05, 4.69) is 27.1 Å². The monoisotopic (exact) mass is 414 g/mol. The van der Waals surface area contributed by atoms with Gasteiger partial charge in [0.25, 0.3) is 0 Å². The van der Waals surface area contributed by atoms with E-state index in [1.54, 1.807) is 18.3 Å². The number of unbranched alkanes of at least 4 members (excludes halogenated alkanes) is 1. The van der Waals surface area contributed by atoms with E-state index in [1.807, 2.05) is 12.1 Å². The van der Waals surface area contributed by atoms with Gasteiger partial charge in [-0.3, -0.25) is 0 Å². The number of hydrogen-bond donors (Lipinski definition) is 0. The summed E-state index contributed by atoms with van der Waals surface area (Å²) in [6.07, 6.45) is 1.88. The second-order valence-electron chi connectivity index (χ2n) is 6.66. The predicted molar refractivity (Wildman–Crippen MR) is 107 cm³/mol. The van der Waals surface area contributed by atoms with Crippen molar-refractivity contribution >= 4 is 11.4 Å². The SMILES string of the molecule is CCCCc1cncnc1OCc1ccc(N=Nc2ccc(C(F)(F)F)cc2)cc1. The maximum atomic E-state index is 12.6. The normalized spacial score (nSPS) is 11.7. The van der Waals surface area contributed by atoms with E-state index < -0.39 is 11.7 Å². The molecule has 8 heteroatoms. The van der Waals surface area contributed by atoms with E-state index in [4.69, 9.17) is 4.74 Å². The lowest BCUT2D eigenvalue weighted by Crippen LogP contribution is -2.03. The summed E-state index contributed by atoms with van der Waals surface area (Å²) >= 11 is 0. The number of azo groups is 1. The smallest absolute Gasteiger partial charge is 0.416 e. The van der Waals surface area contributed by atoms with Crippen molar-refractivity contribution < 1.29 is 17.9 Å². The molecule has 0 spiro atoms. The minimum absolute atomic E-state index is 0.346. The summed E-state index contributed by atoms with van der Waals surface area (Å²) < 4.78 is 43.6. The Bertz CT molecular complexity index is 971. The van der Waals surface area contributed by atoms with Crippen LogP contribution in [0.4, 0.5) is 24.5 Å². The van der Waals surface area contributed by atoms with Gasteiger partial charge in [-0.05, 0) is 54.8 Å². The molecule has 30 heavy (non-hydrogen) atoms. The average Bonchev–Trinajstić information content (AvgIpc) is 2.76. The summed E-state index contributed by atoms with van der Waals surface area (Å²) in [6, 6.07) is 11.8. The maximum absolute atomic E-state index is 12.6. The summed E-state index contributed by atoms with van der Waals surface area (Å²) in [5.41, 5.74) is 2.14. The van der Waals surface area contributed by atoms with Gasteiger partial charge in [-0.2, -0.15) is 23.4 Å². The molecule has 3 rings (SSSR count). The lowest BCUT2D eigenvalue weighted by molar-refractivity contribution is -0.137. The molecule has 3 aromatic rings. The second kappa shape index (κ2) is 9.96. The number of benzene rings is 2. The topological polar surface area (TPSA) is 59.7 Å². The third-order valence-corrected chi connectivity index (χ3v) is 4.33. The summed E-state index contributed by atoms with van der Waals surface area (Å²) in [7, 11) is 0. The van der Waals surface area contributed by atoms with Crippen molar-refractivity contribution in [2.24, 2.45) is 10.2 Å². The average molecular weight is 414 g/mol. The highest BCUT2D eigenvalue weighted by Crippen LogP contribution is 2.30. The van der Waals surface area contributed by atoms with Crippen molar-refractivity contribution in [1.29, 1.82) is 0 Å². The van der Waals surface area contributed by atoms with Crippen molar-refractivity contribution in [2.45, 2.75) is 39.0 Å². The highest BCUT2D eigenvalue weighted by Gasteiger charge is 2.29. The standard InChI is InChI=1S/C22H21F3N4O/c1-2-3-4-17-13-26-15-27-21(17)30-14-16-5-9-19(10-6-16)28-29-20-11-7-18(8-12-20)22(23,24)25/h5-13,15H,2-4,14H2,1H3. The zero-order valence-electron chi connectivity index (χ0n) is 16.4. The van der Waals surface area contributed by atoms with E-state index in [0.717, 1.165) is 42.5 Å². The van der Waals surface area contributed by atoms with Crippen LogP contribution in [0.25, 0.3) is 0 Å². The van der Waals surface area contributed by atoms with Gasteiger partial charge >= 0.3 is 6.18 Å². The van der Waals surface area contributed by atoms with Gasteiger partial charge in [-0.1, -0.05) is 25.5 Å². The lowest BCUT2D eigenvalue weighted by Gasteiger charge is -2.09. The molecule has 0 aliphatic carbocycles. The van der Waals surface area contributed by atoms with Crippen molar-refractivity contribution in [3.8, 4) is 5.88 Å². The van der Waals surface area contributed by atoms with E-state index in [9.17, 15) is 13.2 Å². The fourth-order valence-corrected chi connectivity index (χ4v) is 2.66. The third kappa shape index (κ3) is 6.10. The number of aryl methyl sites for hydroxylation is 1. The Hall–Kier alpha value is -3.29. The van der Waals surface area contributed by atoms with Crippen LogP contribution in [0.5, 0.6) is 5.88 Å². The molecule has 156 valence electrons. The Morgan fingerprint density at radius 1 is 0.933 bits per heavy atom. The van der Waals surface area contributed by atoms with Crippen LogP contribution in [0.15, 0.2) is 71.3 Å². The Balaban J connectivity index is 1.58. The first-order chi connectivity index (χ1) is 14.5. The number of ether oxygens (including phenoxy) is 1. The van der Waals surface area contributed by atoms with Crippen LogP contribution in [0.1, 0.15) is 36.5 Å². The third-order valence-electron chi connectivity index (χ3n) is 4.33. The zero-order valence-corrected chi connectivity index (χ0v) is 16.4. The Morgan fingerprint density at radius 3 is 2.17 bits per heavy atom. The molecule has 1 heterocycles. The molecule has 0 aliphatic heterocycles. The molecule has 0 amide bonds. The first-order valence-electron chi connectivity index (χ1n) is 9.55. The molecular weight excluding hydrogens is 393 g/mol. The van der Waals surface area contributed by atoms with Crippen LogP contribution in [-0.2, 0) is 19.2 Å². The quantitative estimate of drug-likeness (QED) is 0.380. The van der Waals surface area contributed by atoms with Crippen LogP contribution in [0.3, 0.4) is 0 Å². The number of hydrogen-bond acceptors (Lipinski definition) is 5. The Morgan fingerprint density at radius 2 is 1.57 bits per heavy atom. The van der Waals surface area contributed by atoms with Gasteiger partial charge < -0.3 is 4.74 Å². The summed E-state index contributed by atoms with van der Waals surface area (Å²) in [6.45, 7) is 2.48. The van der Waals surface area contributed by atoms with E-state index in [-0.39, 0.29) is 0 Å². The summed E-state index contributed by atoms with van der Waals surface area (Å²) in [5, 5.41) is 8.03. The molecular formula is C22H21F3N4O. The minimum Gasteiger partial charge on any atom is -0.473 e. The van der Waals surface area contributed by atoms with Crippen LogP contribution < -0.4 is 4.74 Å². The van der Waals surface area contributed by atoms with Crippen LogP contribution >= 0.6 is 0 Å². The van der Waals surface area contributed by atoms with Crippen molar-refractivity contribution in [3.63, 3.8) is 0 Å². The molecule has 0 saturated carbocycles. The molecule has 0 radical (unpaired) electrons. The zero-order chi connectivity index (χ0) is 21.4. The molecule has 0 fully saturated rings. The highest BCUT2D eigenvalue weighted by atomic mass is 19.4. The molecule has 0 unspecified atom stereocenters.